The number of amides is 1. The molecule has 1 aliphatic heterocycles. The Kier molecular flexibility index (Phi) is 8.07. The molecule has 0 bridgehead atoms. The molecule has 40 heavy (non-hydrogen) atoms. The summed E-state index contributed by atoms with van der Waals surface area (Å²) in [5, 5.41) is 0. The molecule has 9 heteroatoms. The van der Waals surface area contributed by atoms with Crippen molar-refractivity contribution in [1.29, 1.82) is 0 Å². The molecule has 1 aliphatic carbocycles. The van der Waals surface area contributed by atoms with Crippen LogP contribution in [0.15, 0.2) is 91.3 Å². The van der Waals surface area contributed by atoms with Gasteiger partial charge in [-0.3, -0.25) is 13.7 Å². The van der Waals surface area contributed by atoms with Crippen LogP contribution in [0.2, 0.25) is 0 Å². The van der Waals surface area contributed by atoms with Crippen LogP contribution in [0.25, 0.3) is 11.6 Å². The zero-order chi connectivity index (χ0) is 28.2. The number of hydrogen-bond donors (Lipinski definition) is 2. The first kappa shape index (κ1) is 27.6. The Morgan fingerprint density at radius 1 is 1.07 bits per heavy atom. The number of hydrogen-bond acceptors (Lipinski definition) is 6. The molecule has 1 unspecified atom stereocenters. The monoisotopic (exact) mass is 558 g/mol. The van der Waals surface area contributed by atoms with E-state index in [-0.39, 0.29) is 6.42 Å². The number of nitrogen functional groups attached to an aromatic ring is 1. The van der Waals surface area contributed by atoms with Crippen molar-refractivity contribution in [2.24, 2.45) is 5.73 Å². The number of benzene rings is 2. The van der Waals surface area contributed by atoms with Crippen LogP contribution in [0.1, 0.15) is 28.7 Å². The van der Waals surface area contributed by atoms with E-state index in [1.807, 2.05) is 18.2 Å². The van der Waals surface area contributed by atoms with Crippen molar-refractivity contribution in [3.05, 3.63) is 114 Å². The van der Waals surface area contributed by atoms with Gasteiger partial charge in [-0.2, -0.15) is 0 Å². The van der Waals surface area contributed by atoms with Crippen molar-refractivity contribution in [3.8, 4) is 0 Å². The van der Waals surface area contributed by atoms with Crippen molar-refractivity contribution in [2.45, 2.75) is 17.6 Å². The van der Waals surface area contributed by atoms with Crippen molar-refractivity contribution >= 4 is 33.3 Å². The van der Waals surface area contributed by atoms with Crippen LogP contribution < -0.4 is 11.5 Å². The highest BCUT2D eigenvalue weighted by Crippen LogP contribution is 2.46. The number of carbonyl (C=O) groups excluding carboxylic acids is 1. The molecule has 1 aromatic heterocycles. The van der Waals surface area contributed by atoms with E-state index >= 15 is 0 Å². The summed E-state index contributed by atoms with van der Waals surface area (Å²) in [6.45, 7) is 4.36. The third kappa shape index (κ3) is 5.67. The highest BCUT2D eigenvalue weighted by Gasteiger charge is 2.47. The summed E-state index contributed by atoms with van der Waals surface area (Å²) in [5.74, 6) is -0.610. The van der Waals surface area contributed by atoms with E-state index in [4.69, 9.17) is 16.2 Å². The molecule has 2 heterocycles. The highest BCUT2D eigenvalue weighted by atomic mass is 32.2. The minimum atomic E-state index is -4.05. The van der Waals surface area contributed by atoms with Crippen LogP contribution in [0.3, 0.4) is 0 Å². The van der Waals surface area contributed by atoms with Gasteiger partial charge in [-0.25, -0.2) is 8.42 Å². The fourth-order valence-electron chi connectivity index (χ4n) is 5.35. The van der Waals surface area contributed by atoms with E-state index in [0.29, 0.717) is 16.8 Å². The summed E-state index contributed by atoms with van der Waals surface area (Å²) in [4.78, 5) is 13.6. The molecular weight excluding hydrogens is 524 g/mol. The van der Waals surface area contributed by atoms with Gasteiger partial charge in [0.1, 0.15) is 4.75 Å². The Labute approximate surface area is 235 Å². The zero-order valence-electron chi connectivity index (χ0n) is 22.3. The van der Waals surface area contributed by atoms with E-state index in [1.54, 1.807) is 42.5 Å². The van der Waals surface area contributed by atoms with Gasteiger partial charge < -0.3 is 16.2 Å². The van der Waals surface area contributed by atoms with Gasteiger partial charge in [0.15, 0.2) is 0 Å². The third-order valence-corrected chi connectivity index (χ3v) is 9.72. The molecule has 3 aromatic rings. The number of primary amides is 1. The van der Waals surface area contributed by atoms with Gasteiger partial charge in [0.25, 0.3) is 10.0 Å². The highest BCUT2D eigenvalue weighted by molar-refractivity contribution is 7.91. The summed E-state index contributed by atoms with van der Waals surface area (Å²) >= 11 is 0. The molecule has 1 amide bonds. The second kappa shape index (κ2) is 11.7. The van der Waals surface area contributed by atoms with Gasteiger partial charge in [-0.05, 0) is 46.9 Å². The molecule has 0 saturated carbocycles. The molecule has 208 valence electrons. The van der Waals surface area contributed by atoms with Gasteiger partial charge in [-0.1, -0.05) is 60.7 Å². The average Bonchev–Trinajstić information content (AvgIpc) is 3.46. The molecular formula is C31H34N4O4S. The summed E-state index contributed by atoms with van der Waals surface area (Å²) in [7, 11) is -4.05. The SMILES string of the molecule is NC(=O)/C=C/c1ccn(S(=O)(=O)C2(c3ccccc3N)C=CC=C(c3cccc(CCN4CCOCC4)c3)C2)c1. The van der Waals surface area contributed by atoms with Gasteiger partial charge in [0.2, 0.25) is 5.91 Å². The smallest absolute Gasteiger partial charge is 0.252 e. The van der Waals surface area contributed by atoms with E-state index < -0.39 is 20.7 Å². The second-order valence-electron chi connectivity index (χ2n) is 10.1. The summed E-state index contributed by atoms with van der Waals surface area (Å²) in [6, 6.07) is 17.0. The third-order valence-electron chi connectivity index (χ3n) is 7.52. The maximum absolute atomic E-state index is 14.4. The average molecular weight is 559 g/mol. The number of carbonyl (C=O) groups is 1. The Hall–Kier alpha value is -3.92. The molecule has 1 atom stereocenters. The maximum atomic E-state index is 14.4. The standard InChI is InChI=1S/C31H34N4O4S/c32-29-9-2-1-8-28(29)31(40(37,38)35-16-13-25(23-35)10-11-30(33)36)14-4-7-27(22-31)26-6-3-5-24(21-26)12-15-34-17-19-39-20-18-34/h1-11,13-14,16,21,23H,12,15,17-20,22,32H2,(H2,33,36)/b11-10+. The molecule has 2 aliphatic rings. The van der Waals surface area contributed by atoms with Gasteiger partial charge >= 0.3 is 0 Å². The Balaban J connectivity index is 1.49. The predicted octanol–water partition coefficient (Wildman–Crippen LogP) is 3.56. The number of morpholine rings is 1. The number of rotatable bonds is 9. The summed E-state index contributed by atoms with van der Waals surface area (Å²) < 4.78 is 34.1. The zero-order valence-corrected chi connectivity index (χ0v) is 23.1. The van der Waals surface area contributed by atoms with E-state index in [0.717, 1.165) is 50.4 Å². The lowest BCUT2D eigenvalue weighted by Crippen LogP contribution is -2.39. The minimum absolute atomic E-state index is 0.206. The number of anilines is 1. The first-order chi connectivity index (χ1) is 19.3. The fraction of sp³-hybridized carbons (Fsp3) is 0.258. The van der Waals surface area contributed by atoms with Crippen LogP contribution in [-0.2, 0) is 30.7 Å². The van der Waals surface area contributed by atoms with Crippen LogP contribution in [0.5, 0.6) is 0 Å². The Bertz CT molecular complexity index is 1580. The molecule has 8 nitrogen and oxygen atoms in total. The number of ether oxygens (including phenoxy) is 1. The molecule has 5 rings (SSSR count). The number of nitrogens with two attached hydrogens (primary N) is 2. The lowest BCUT2D eigenvalue weighted by Gasteiger charge is -2.35. The quantitative estimate of drug-likeness (QED) is 0.306. The molecule has 2 aromatic carbocycles. The molecule has 4 N–H and O–H groups in total. The minimum Gasteiger partial charge on any atom is -0.398 e. The largest absolute Gasteiger partial charge is 0.398 e. The number of allylic oxidation sites excluding steroid dienone is 3. The van der Waals surface area contributed by atoms with Crippen molar-refractivity contribution < 1.29 is 17.9 Å². The normalized spacial score (nSPS) is 20.1. The van der Waals surface area contributed by atoms with E-state index in [1.165, 1.54) is 34.1 Å². The van der Waals surface area contributed by atoms with Crippen LogP contribution >= 0.6 is 0 Å². The number of nitrogens with zero attached hydrogens (tertiary/aromatic N) is 2. The van der Waals surface area contributed by atoms with Gasteiger partial charge in [0.05, 0.1) is 13.2 Å². The van der Waals surface area contributed by atoms with E-state index in [9.17, 15) is 13.2 Å². The lowest BCUT2D eigenvalue weighted by molar-refractivity contribution is -0.113. The molecule has 1 fully saturated rings. The van der Waals surface area contributed by atoms with Crippen molar-refractivity contribution in [2.75, 3.05) is 38.6 Å². The van der Waals surface area contributed by atoms with E-state index in [2.05, 4.69) is 17.0 Å². The van der Waals surface area contributed by atoms with Crippen LogP contribution in [0.4, 0.5) is 5.69 Å². The maximum Gasteiger partial charge on any atom is 0.252 e. The lowest BCUT2D eigenvalue weighted by atomic mass is 9.83. The summed E-state index contributed by atoms with van der Waals surface area (Å²) in [5.41, 5.74) is 16.2. The van der Waals surface area contributed by atoms with Gasteiger partial charge in [-0.15, -0.1) is 0 Å². The predicted molar refractivity (Wildman–Crippen MR) is 159 cm³/mol. The van der Waals surface area contributed by atoms with Crippen molar-refractivity contribution in [3.63, 3.8) is 0 Å². The van der Waals surface area contributed by atoms with Crippen LogP contribution in [-0.4, -0.2) is 56.0 Å². The van der Waals surface area contributed by atoms with Crippen molar-refractivity contribution in [1.82, 2.24) is 8.87 Å². The number of aromatic nitrogens is 1. The second-order valence-corrected chi connectivity index (χ2v) is 12.2. The Morgan fingerprint density at radius 3 is 2.65 bits per heavy atom. The fourth-order valence-corrected chi connectivity index (χ4v) is 7.26. The van der Waals surface area contributed by atoms with Gasteiger partial charge in [0, 0.05) is 55.8 Å². The summed E-state index contributed by atoms with van der Waals surface area (Å²) in [6.07, 6.45) is 12.3. The molecule has 1 saturated heterocycles. The first-order valence-corrected chi connectivity index (χ1v) is 14.8. The topological polar surface area (TPSA) is 121 Å². The van der Waals surface area contributed by atoms with Crippen LogP contribution in [0, 0.1) is 0 Å². The Morgan fingerprint density at radius 2 is 1.88 bits per heavy atom. The number of para-hydroxylation sites is 1. The molecule has 0 radical (unpaired) electrons. The molecule has 0 spiro atoms. The first-order valence-electron chi connectivity index (χ1n) is 13.3.